The summed E-state index contributed by atoms with van der Waals surface area (Å²) in [6.45, 7) is 3.02. The Labute approximate surface area is 170 Å². The number of nitriles is 1. The van der Waals surface area contributed by atoms with Crippen LogP contribution < -0.4 is 16.0 Å². The van der Waals surface area contributed by atoms with Gasteiger partial charge in [-0.2, -0.15) is 10.2 Å². The molecule has 7 nitrogen and oxygen atoms in total. The largest absolute Gasteiger partial charge is 0.369 e. The van der Waals surface area contributed by atoms with Gasteiger partial charge >= 0.3 is 0 Å². The molecule has 3 N–H and O–H groups in total. The molecule has 0 bridgehead atoms. The van der Waals surface area contributed by atoms with E-state index < -0.39 is 0 Å². The average Bonchev–Trinajstić information content (AvgIpc) is 2.79. The van der Waals surface area contributed by atoms with E-state index in [1.807, 2.05) is 30.5 Å². The minimum atomic E-state index is 0.375. The average molecular weight is 385 g/mol. The van der Waals surface area contributed by atoms with Crippen LogP contribution in [0.3, 0.4) is 0 Å². The second-order valence-corrected chi connectivity index (χ2v) is 7.07. The SMILES string of the molecule is N#Cc1ccc(Nc2ncc(-c3ccccc3)c(NCC3CCNCC3)n2)cn1. The fourth-order valence-corrected chi connectivity index (χ4v) is 3.40. The number of hydrogen-bond donors (Lipinski definition) is 3. The lowest BCUT2D eigenvalue weighted by molar-refractivity contribution is 0.389. The predicted octanol–water partition coefficient (Wildman–Crippen LogP) is 3.57. The van der Waals surface area contributed by atoms with Crippen LogP contribution in [0.25, 0.3) is 11.1 Å². The van der Waals surface area contributed by atoms with Crippen molar-refractivity contribution in [3.8, 4) is 17.2 Å². The molecule has 0 amide bonds. The lowest BCUT2D eigenvalue weighted by atomic mass is 9.98. The minimum absolute atomic E-state index is 0.375. The number of pyridine rings is 1. The third-order valence-electron chi connectivity index (χ3n) is 5.02. The summed E-state index contributed by atoms with van der Waals surface area (Å²) >= 11 is 0. The van der Waals surface area contributed by atoms with Crippen LogP contribution in [-0.2, 0) is 0 Å². The first-order chi connectivity index (χ1) is 14.3. The Morgan fingerprint density at radius 1 is 1.03 bits per heavy atom. The van der Waals surface area contributed by atoms with Gasteiger partial charge in [-0.3, -0.25) is 0 Å². The van der Waals surface area contributed by atoms with Gasteiger partial charge in [0, 0.05) is 18.3 Å². The number of rotatable bonds is 6. The monoisotopic (exact) mass is 385 g/mol. The van der Waals surface area contributed by atoms with Crippen molar-refractivity contribution in [2.24, 2.45) is 5.92 Å². The maximum Gasteiger partial charge on any atom is 0.229 e. The van der Waals surface area contributed by atoms with E-state index in [-0.39, 0.29) is 0 Å². The molecule has 0 aliphatic carbocycles. The molecule has 1 aromatic carbocycles. The fourth-order valence-electron chi connectivity index (χ4n) is 3.40. The Morgan fingerprint density at radius 2 is 1.86 bits per heavy atom. The van der Waals surface area contributed by atoms with E-state index in [9.17, 15) is 0 Å². The molecule has 0 atom stereocenters. The van der Waals surface area contributed by atoms with Crippen LogP contribution in [0.5, 0.6) is 0 Å². The zero-order valence-corrected chi connectivity index (χ0v) is 16.1. The summed E-state index contributed by atoms with van der Waals surface area (Å²) in [5.41, 5.74) is 3.16. The van der Waals surface area contributed by atoms with Gasteiger partial charge in [0.15, 0.2) is 0 Å². The number of anilines is 3. The summed E-state index contributed by atoms with van der Waals surface area (Å²) in [5, 5.41) is 19.0. The molecule has 2 aromatic heterocycles. The highest BCUT2D eigenvalue weighted by Gasteiger charge is 2.15. The number of benzene rings is 1. The first kappa shape index (κ1) is 18.8. The molecule has 1 aliphatic rings. The summed E-state index contributed by atoms with van der Waals surface area (Å²) < 4.78 is 0. The van der Waals surface area contributed by atoms with Gasteiger partial charge in [0.2, 0.25) is 5.95 Å². The van der Waals surface area contributed by atoms with Crippen molar-refractivity contribution in [3.63, 3.8) is 0 Å². The molecule has 7 heteroatoms. The Bertz CT molecular complexity index is 974. The van der Waals surface area contributed by atoms with Crippen molar-refractivity contribution < 1.29 is 0 Å². The predicted molar refractivity (Wildman–Crippen MR) is 114 cm³/mol. The summed E-state index contributed by atoms with van der Waals surface area (Å²) in [6.07, 6.45) is 5.78. The van der Waals surface area contributed by atoms with Crippen LogP contribution in [0.15, 0.2) is 54.9 Å². The summed E-state index contributed by atoms with van der Waals surface area (Å²) in [7, 11) is 0. The van der Waals surface area contributed by atoms with Crippen LogP contribution in [0, 0.1) is 17.2 Å². The Hall–Kier alpha value is -3.50. The summed E-state index contributed by atoms with van der Waals surface area (Å²) in [6, 6.07) is 15.6. The first-order valence-electron chi connectivity index (χ1n) is 9.82. The first-order valence-corrected chi connectivity index (χ1v) is 9.82. The maximum atomic E-state index is 8.89. The summed E-state index contributed by atoms with van der Waals surface area (Å²) in [5.74, 6) is 1.94. The zero-order valence-electron chi connectivity index (χ0n) is 16.1. The van der Waals surface area contributed by atoms with Crippen LogP contribution in [0.2, 0.25) is 0 Å². The molecular formula is C22H23N7. The van der Waals surface area contributed by atoms with Gasteiger partial charge in [0.1, 0.15) is 17.6 Å². The number of aromatic nitrogens is 3. The molecule has 1 aliphatic heterocycles. The Kier molecular flexibility index (Phi) is 5.93. The second kappa shape index (κ2) is 9.13. The van der Waals surface area contributed by atoms with E-state index in [2.05, 4.69) is 38.1 Å². The molecule has 146 valence electrons. The number of hydrogen-bond acceptors (Lipinski definition) is 7. The quantitative estimate of drug-likeness (QED) is 0.597. The van der Waals surface area contributed by atoms with Crippen molar-refractivity contribution in [3.05, 3.63) is 60.6 Å². The van der Waals surface area contributed by atoms with E-state index in [0.717, 1.165) is 42.3 Å². The van der Waals surface area contributed by atoms with Gasteiger partial charge in [0.25, 0.3) is 0 Å². The van der Waals surface area contributed by atoms with E-state index in [0.29, 0.717) is 17.6 Å². The Balaban J connectivity index is 1.57. The standard InChI is InChI=1S/C22H23N7/c23-12-18-6-7-19(14-25-18)28-22-27-15-20(17-4-2-1-3-5-17)21(29-22)26-13-16-8-10-24-11-9-16/h1-7,14-16,24H,8-11,13H2,(H2,26,27,28,29). The molecule has 29 heavy (non-hydrogen) atoms. The van der Waals surface area contributed by atoms with Gasteiger partial charge in [-0.15, -0.1) is 0 Å². The third-order valence-corrected chi connectivity index (χ3v) is 5.02. The second-order valence-electron chi connectivity index (χ2n) is 7.07. The van der Waals surface area contributed by atoms with Gasteiger partial charge in [-0.05, 0) is 49.5 Å². The molecule has 1 fully saturated rings. The lowest BCUT2D eigenvalue weighted by Gasteiger charge is -2.23. The highest BCUT2D eigenvalue weighted by molar-refractivity contribution is 5.75. The molecule has 0 saturated carbocycles. The molecule has 0 radical (unpaired) electrons. The van der Waals surface area contributed by atoms with E-state index in [4.69, 9.17) is 10.2 Å². The van der Waals surface area contributed by atoms with Crippen LogP contribution >= 0.6 is 0 Å². The number of piperidine rings is 1. The normalized spacial score (nSPS) is 14.2. The minimum Gasteiger partial charge on any atom is -0.369 e. The zero-order chi connectivity index (χ0) is 19.9. The molecule has 3 heterocycles. The number of nitrogens with zero attached hydrogens (tertiary/aromatic N) is 4. The van der Waals surface area contributed by atoms with Gasteiger partial charge in [0.05, 0.1) is 11.9 Å². The summed E-state index contributed by atoms with van der Waals surface area (Å²) in [4.78, 5) is 13.3. The molecule has 3 aromatic rings. The van der Waals surface area contributed by atoms with E-state index >= 15 is 0 Å². The van der Waals surface area contributed by atoms with Crippen LogP contribution in [-0.4, -0.2) is 34.6 Å². The van der Waals surface area contributed by atoms with Gasteiger partial charge < -0.3 is 16.0 Å². The van der Waals surface area contributed by atoms with Crippen LogP contribution in [0.4, 0.5) is 17.5 Å². The van der Waals surface area contributed by atoms with Crippen molar-refractivity contribution >= 4 is 17.5 Å². The van der Waals surface area contributed by atoms with Crippen molar-refractivity contribution in [1.29, 1.82) is 5.26 Å². The van der Waals surface area contributed by atoms with E-state index in [1.165, 1.54) is 12.8 Å². The van der Waals surface area contributed by atoms with E-state index in [1.54, 1.807) is 18.3 Å². The third kappa shape index (κ3) is 4.86. The molecule has 0 unspecified atom stereocenters. The maximum absolute atomic E-state index is 8.89. The van der Waals surface area contributed by atoms with Crippen LogP contribution in [0.1, 0.15) is 18.5 Å². The lowest BCUT2D eigenvalue weighted by Crippen LogP contribution is -2.31. The molecule has 1 saturated heterocycles. The smallest absolute Gasteiger partial charge is 0.229 e. The highest BCUT2D eigenvalue weighted by Crippen LogP contribution is 2.28. The van der Waals surface area contributed by atoms with Crippen molar-refractivity contribution in [2.45, 2.75) is 12.8 Å². The van der Waals surface area contributed by atoms with Crippen molar-refractivity contribution in [2.75, 3.05) is 30.3 Å². The fraction of sp³-hybridized carbons (Fsp3) is 0.273. The van der Waals surface area contributed by atoms with Gasteiger partial charge in [-0.1, -0.05) is 30.3 Å². The highest BCUT2D eigenvalue weighted by atomic mass is 15.1. The Morgan fingerprint density at radius 3 is 2.59 bits per heavy atom. The molecular weight excluding hydrogens is 362 g/mol. The van der Waals surface area contributed by atoms with Crippen molar-refractivity contribution in [1.82, 2.24) is 20.3 Å². The number of nitrogens with one attached hydrogen (secondary N) is 3. The molecule has 0 spiro atoms. The topological polar surface area (TPSA) is 98.5 Å². The van der Waals surface area contributed by atoms with Gasteiger partial charge in [-0.25, -0.2) is 9.97 Å². The molecule has 4 rings (SSSR count).